The molecule has 0 aromatic carbocycles. The third kappa shape index (κ3) is 3.91. The summed E-state index contributed by atoms with van der Waals surface area (Å²) in [6.07, 6.45) is 4.80. The lowest BCUT2D eigenvalue weighted by Gasteiger charge is -2.06. The second kappa shape index (κ2) is 5.75. The van der Waals surface area contributed by atoms with Gasteiger partial charge in [-0.05, 0) is 18.9 Å². The Balaban J connectivity index is 2.21. The predicted molar refractivity (Wildman–Crippen MR) is 62.0 cm³/mol. The first-order valence-electron chi connectivity index (χ1n) is 5.53. The lowest BCUT2D eigenvalue weighted by molar-refractivity contribution is 0.514. The number of hydrogen-bond acceptors (Lipinski definition) is 2. The Labute approximate surface area is 90.9 Å². The van der Waals surface area contributed by atoms with Crippen LogP contribution in [0, 0.1) is 5.92 Å². The minimum Gasteiger partial charge on any atom is -0.315 e. The zero-order valence-electron chi connectivity index (χ0n) is 9.86. The minimum absolute atomic E-state index is 0.0562. The van der Waals surface area contributed by atoms with Gasteiger partial charge >= 0.3 is 5.69 Å². The standard InChI is InChI=1S/C11H21N3O/c1-10(2)4-5-12-6-7-14-9-8-13(3)11(14)15/h8-10,12H,4-7H2,1-3H3. The van der Waals surface area contributed by atoms with Gasteiger partial charge in [0.05, 0.1) is 0 Å². The largest absolute Gasteiger partial charge is 0.327 e. The average molecular weight is 211 g/mol. The van der Waals surface area contributed by atoms with Crippen LogP contribution in [0.25, 0.3) is 0 Å². The van der Waals surface area contributed by atoms with Gasteiger partial charge in [-0.3, -0.25) is 4.57 Å². The summed E-state index contributed by atoms with van der Waals surface area (Å²) in [6.45, 7) is 7.06. The zero-order valence-corrected chi connectivity index (χ0v) is 9.86. The number of imidazole rings is 1. The predicted octanol–water partition coefficient (Wildman–Crippen LogP) is 0.823. The van der Waals surface area contributed by atoms with Gasteiger partial charge in [0.2, 0.25) is 0 Å². The highest BCUT2D eigenvalue weighted by atomic mass is 16.1. The van der Waals surface area contributed by atoms with Gasteiger partial charge in [-0.2, -0.15) is 0 Å². The second-order valence-electron chi connectivity index (χ2n) is 4.32. The normalized spacial score (nSPS) is 11.2. The molecule has 0 saturated carbocycles. The molecule has 0 fully saturated rings. The molecule has 0 aliphatic carbocycles. The molecule has 0 radical (unpaired) electrons. The summed E-state index contributed by atoms with van der Waals surface area (Å²) in [7, 11) is 1.77. The van der Waals surface area contributed by atoms with Crippen molar-refractivity contribution in [2.75, 3.05) is 13.1 Å². The molecule has 0 aliphatic rings. The van der Waals surface area contributed by atoms with E-state index in [9.17, 15) is 4.79 Å². The molecule has 0 aliphatic heterocycles. The smallest absolute Gasteiger partial charge is 0.315 e. The van der Waals surface area contributed by atoms with Gasteiger partial charge in [0.1, 0.15) is 0 Å². The summed E-state index contributed by atoms with van der Waals surface area (Å²) >= 11 is 0. The van der Waals surface area contributed by atoms with E-state index < -0.39 is 0 Å². The molecule has 86 valence electrons. The van der Waals surface area contributed by atoms with Crippen LogP contribution in [0.4, 0.5) is 0 Å². The highest BCUT2D eigenvalue weighted by Crippen LogP contribution is 1.95. The van der Waals surface area contributed by atoms with E-state index in [4.69, 9.17) is 0 Å². The molecule has 1 aromatic rings. The van der Waals surface area contributed by atoms with Gasteiger partial charge in [0, 0.05) is 32.5 Å². The van der Waals surface area contributed by atoms with E-state index in [-0.39, 0.29) is 5.69 Å². The lowest BCUT2D eigenvalue weighted by Crippen LogP contribution is -2.28. The van der Waals surface area contributed by atoms with Gasteiger partial charge in [0.25, 0.3) is 0 Å². The Hall–Kier alpha value is -1.03. The van der Waals surface area contributed by atoms with Crippen molar-refractivity contribution in [1.82, 2.24) is 14.5 Å². The van der Waals surface area contributed by atoms with Crippen molar-refractivity contribution >= 4 is 0 Å². The van der Waals surface area contributed by atoms with Crippen molar-refractivity contribution < 1.29 is 0 Å². The van der Waals surface area contributed by atoms with E-state index in [2.05, 4.69) is 19.2 Å². The Bertz CT molecular complexity index is 338. The van der Waals surface area contributed by atoms with Crippen LogP contribution < -0.4 is 11.0 Å². The molecule has 4 nitrogen and oxygen atoms in total. The highest BCUT2D eigenvalue weighted by Gasteiger charge is 1.98. The minimum atomic E-state index is 0.0562. The van der Waals surface area contributed by atoms with E-state index in [1.807, 2.05) is 6.20 Å². The summed E-state index contributed by atoms with van der Waals surface area (Å²) < 4.78 is 3.32. The third-order valence-electron chi connectivity index (χ3n) is 2.45. The van der Waals surface area contributed by atoms with Crippen LogP contribution in [0.2, 0.25) is 0 Å². The molecule has 1 N–H and O–H groups in total. The maximum absolute atomic E-state index is 11.4. The molecule has 1 aromatic heterocycles. The molecule has 0 saturated heterocycles. The summed E-state index contributed by atoms with van der Waals surface area (Å²) in [5.74, 6) is 0.733. The summed E-state index contributed by atoms with van der Waals surface area (Å²) in [6, 6.07) is 0. The molecule has 0 spiro atoms. The number of hydrogen-bond donors (Lipinski definition) is 1. The van der Waals surface area contributed by atoms with Crippen LogP contribution in [0.1, 0.15) is 20.3 Å². The Morgan fingerprint density at radius 2 is 2.07 bits per heavy atom. The van der Waals surface area contributed by atoms with Gasteiger partial charge < -0.3 is 9.88 Å². The van der Waals surface area contributed by atoms with Gasteiger partial charge in [-0.25, -0.2) is 4.79 Å². The molecule has 0 bridgehead atoms. The highest BCUT2D eigenvalue weighted by molar-refractivity contribution is 4.79. The Morgan fingerprint density at radius 3 is 2.60 bits per heavy atom. The Morgan fingerprint density at radius 1 is 1.33 bits per heavy atom. The summed E-state index contributed by atoms with van der Waals surface area (Å²) in [4.78, 5) is 11.4. The molecule has 0 amide bonds. The molecule has 15 heavy (non-hydrogen) atoms. The Kier molecular flexibility index (Phi) is 4.62. The molecule has 1 rings (SSSR count). The van der Waals surface area contributed by atoms with E-state index in [0.29, 0.717) is 0 Å². The average Bonchev–Trinajstić information content (AvgIpc) is 2.48. The maximum Gasteiger partial charge on any atom is 0.327 e. The summed E-state index contributed by atoms with van der Waals surface area (Å²) in [5, 5.41) is 3.33. The fourth-order valence-corrected chi connectivity index (χ4v) is 1.40. The fourth-order valence-electron chi connectivity index (χ4n) is 1.40. The van der Waals surface area contributed by atoms with Crippen LogP contribution in [-0.2, 0) is 13.6 Å². The number of aromatic nitrogens is 2. The number of rotatable bonds is 6. The van der Waals surface area contributed by atoms with Crippen molar-refractivity contribution in [3.8, 4) is 0 Å². The number of nitrogens with one attached hydrogen (secondary N) is 1. The number of nitrogens with zero attached hydrogens (tertiary/aromatic N) is 2. The molecular weight excluding hydrogens is 190 g/mol. The maximum atomic E-state index is 11.4. The molecule has 1 heterocycles. The van der Waals surface area contributed by atoms with Gasteiger partial charge in [0.15, 0.2) is 0 Å². The molecular formula is C11H21N3O. The monoisotopic (exact) mass is 211 g/mol. The second-order valence-corrected chi connectivity index (χ2v) is 4.32. The van der Waals surface area contributed by atoms with Crippen LogP contribution in [0.3, 0.4) is 0 Å². The van der Waals surface area contributed by atoms with Gasteiger partial charge in [-0.15, -0.1) is 0 Å². The van der Waals surface area contributed by atoms with Crippen LogP contribution in [0.15, 0.2) is 17.2 Å². The summed E-state index contributed by atoms with van der Waals surface area (Å²) in [5.41, 5.74) is 0.0562. The molecule has 0 atom stereocenters. The first kappa shape index (κ1) is 12.0. The topological polar surface area (TPSA) is 39.0 Å². The molecule has 4 heteroatoms. The van der Waals surface area contributed by atoms with E-state index in [1.54, 1.807) is 22.4 Å². The van der Waals surface area contributed by atoms with E-state index in [0.717, 1.165) is 25.6 Å². The molecule has 0 unspecified atom stereocenters. The van der Waals surface area contributed by atoms with Crippen LogP contribution >= 0.6 is 0 Å². The first-order valence-corrected chi connectivity index (χ1v) is 5.53. The third-order valence-corrected chi connectivity index (χ3v) is 2.45. The van der Waals surface area contributed by atoms with Crippen molar-refractivity contribution in [2.24, 2.45) is 13.0 Å². The number of aryl methyl sites for hydroxylation is 1. The quantitative estimate of drug-likeness (QED) is 0.708. The van der Waals surface area contributed by atoms with Crippen LogP contribution in [-0.4, -0.2) is 22.2 Å². The van der Waals surface area contributed by atoms with E-state index in [1.165, 1.54) is 6.42 Å². The first-order chi connectivity index (χ1) is 7.11. The van der Waals surface area contributed by atoms with Crippen molar-refractivity contribution in [2.45, 2.75) is 26.8 Å². The van der Waals surface area contributed by atoms with Crippen molar-refractivity contribution in [3.05, 3.63) is 22.9 Å². The van der Waals surface area contributed by atoms with Crippen molar-refractivity contribution in [3.63, 3.8) is 0 Å². The lowest BCUT2D eigenvalue weighted by atomic mass is 10.1. The van der Waals surface area contributed by atoms with Gasteiger partial charge in [-0.1, -0.05) is 13.8 Å². The SMILES string of the molecule is CC(C)CCNCCn1ccn(C)c1=O. The van der Waals surface area contributed by atoms with Crippen molar-refractivity contribution in [1.29, 1.82) is 0 Å². The zero-order chi connectivity index (χ0) is 11.3. The van der Waals surface area contributed by atoms with Crippen LogP contribution in [0.5, 0.6) is 0 Å². The van der Waals surface area contributed by atoms with E-state index >= 15 is 0 Å². The fraction of sp³-hybridized carbons (Fsp3) is 0.727.